The van der Waals surface area contributed by atoms with E-state index in [2.05, 4.69) is 10.6 Å². The Labute approximate surface area is 258 Å². The number of imide groups is 1. The summed E-state index contributed by atoms with van der Waals surface area (Å²) in [6.07, 6.45) is 1.58. The first-order chi connectivity index (χ1) is 21.4. The maximum absolute atomic E-state index is 13.6. The second-order valence-corrected chi connectivity index (χ2v) is 11.0. The number of ether oxygens (including phenoxy) is 2. The number of methoxy groups -OCH3 is 2. The number of para-hydroxylation sites is 1. The highest BCUT2D eigenvalue weighted by atomic mass is 32.2. The van der Waals surface area contributed by atoms with E-state index in [-0.39, 0.29) is 23.9 Å². The molecule has 1 heterocycles. The highest BCUT2D eigenvalue weighted by Gasteiger charge is 2.40. The molecule has 1 aliphatic heterocycles. The Hall–Kier alpha value is -5.35. The van der Waals surface area contributed by atoms with Crippen LogP contribution in [0.1, 0.15) is 22.3 Å². The van der Waals surface area contributed by atoms with Crippen LogP contribution in [0, 0.1) is 0 Å². The van der Waals surface area contributed by atoms with Crippen molar-refractivity contribution in [3.63, 3.8) is 0 Å². The largest absolute Gasteiger partial charge is 0.497 e. The fourth-order valence-corrected chi connectivity index (χ4v) is 5.72. The van der Waals surface area contributed by atoms with Gasteiger partial charge in [-0.3, -0.25) is 19.2 Å². The zero-order valence-corrected chi connectivity index (χ0v) is 24.8. The molecule has 222 valence electrons. The number of carbonyl (C=O) groups excluding carboxylic acids is 4. The lowest BCUT2D eigenvalue weighted by Crippen LogP contribution is -2.31. The van der Waals surface area contributed by atoms with Gasteiger partial charge in [-0.15, -0.1) is 11.8 Å². The number of hydrogen-bond acceptors (Lipinski definition) is 7. The first kappa shape index (κ1) is 30.1. The van der Waals surface area contributed by atoms with Gasteiger partial charge in [0.25, 0.3) is 11.8 Å². The van der Waals surface area contributed by atoms with Crippen molar-refractivity contribution in [1.82, 2.24) is 5.32 Å². The minimum absolute atomic E-state index is 0.0291. The highest BCUT2D eigenvalue weighted by molar-refractivity contribution is 8.00. The van der Waals surface area contributed by atoms with E-state index in [0.29, 0.717) is 38.9 Å². The predicted octanol–water partition coefficient (Wildman–Crippen LogP) is 5.54. The Balaban J connectivity index is 1.37. The topological polar surface area (TPSA) is 114 Å². The molecule has 2 N–H and O–H groups in total. The van der Waals surface area contributed by atoms with Crippen molar-refractivity contribution < 1.29 is 28.7 Å². The summed E-state index contributed by atoms with van der Waals surface area (Å²) in [5.74, 6) is -0.582. The van der Waals surface area contributed by atoms with Gasteiger partial charge in [-0.25, -0.2) is 4.90 Å². The molecular weight excluding hydrogens is 578 g/mol. The third-order valence-electron chi connectivity index (χ3n) is 6.76. The fraction of sp³-hybridized carbons (Fsp3) is 0.118. The highest BCUT2D eigenvalue weighted by Crippen LogP contribution is 2.35. The van der Waals surface area contributed by atoms with E-state index in [9.17, 15) is 19.2 Å². The molecule has 0 aliphatic carbocycles. The van der Waals surface area contributed by atoms with Crippen LogP contribution in [0.5, 0.6) is 11.5 Å². The smallest absolute Gasteiger partial charge is 0.272 e. The summed E-state index contributed by atoms with van der Waals surface area (Å²) in [4.78, 5) is 54.4. The third-order valence-corrected chi connectivity index (χ3v) is 7.93. The lowest BCUT2D eigenvalue weighted by Gasteiger charge is -2.15. The van der Waals surface area contributed by atoms with Crippen LogP contribution in [0.25, 0.3) is 6.08 Å². The Kier molecular flexibility index (Phi) is 9.41. The molecule has 4 amide bonds. The van der Waals surface area contributed by atoms with Gasteiger partial charge >= 0.3 is 0 Å². The summed E-state index contributed by atoms with van der Waals surface area (Å²) in [5.41, 5.74) is 1.84. The van der Waals surface area contributed by atoms with E-state index in [1.54, 1.807) is 97.1 Å². The zero-order valence-electron chi connectivity index (χ0n) is 24.0. The molecule has 1 atom stereocenters. The van der Waals surface area contributed by atoms with Crippen LogP contribution in [-0.2, 0) is 14.4 Å². The number of nitrogens with zero attached hydrogens (tertiary/aromatic N) is 1. The van der Waals surface area contributed by atoms with Gasteiger partial charge in [-0.1, -0.05) is 42.5 Å². The Bertz CT molecular complexity index is 1730. The number of hydrogen-bond donors (Lipinski definition) is 2. The summed E-state index contributed by atoms with van der Waals surface area (Å²) in [6, 6.07) is 29.4. The van der Waals surface area contributed by atoms with Crippen LogP contribution >= 0.6 is 11.8 Å². The van der Waals surface area contributed by atoms with Crippen molar-refractivity contribution in [1.29, 1.82) is 0 Å². The van der Waals surface area contributed by atoms with Crippen molar-refractivity contribution in [2.75, 3.05) is 24.4 Å². The molecule has 1 aliphatic rings. The van der Waals surface area contributed by atoms with Gasteiger partial charge in [0.15, 0.2) is 0 Å². The maximum Gasteiger partial charge on any atom is 0.272 e. The van der Waals surface area contributed by atoms with Crippen molar-refractivity contribution >= 4 is 52.8 Å². The number of amides is 4. The summed E-state index contributed by atoms with van der Waals surface area (Å²) in [5, 5.41) is 4.95. The van der Waals surface area contributed by atoms with E-state index in [1.807, 2.05) is 6.07 Å². The van der Waals surface area contributed by atoms with Gasteiger partial charge in [0.05, 0.1) is 25.2 Å². The molecule has 10 heteroatoms. The molecule has 0 spiro atoms. The van der Waals surface area contributed by atoms with E-state index in [4.69, 9.17) is 9.47 Å². The van der Waals surface area contributed by atoms with E-state index in [1.165, 1.54) is 37.0 Å². The number of nitrogens with one attached hydrogen (secondary N) is 2. The monoisotopic (exact) mass is 607 g/mol. The number of carbonyl (C=O) groups is 4. The molecule has 0 aromatic heterocycles. The first-order valence-corrected chi connectivity index (χ1v) is 14.5. The minimum Gasteiger partial charge on any atom is -0.497 e. The Morgan fingerprint density at radius 3 is 2.30 bits per heavy atom. The number of benzene rings is 4. The van der Waals surface area contributed by atoms with E-state index >= 15 is 0 Å². The second-order valence-electron chi connectivity index (χ2n) is 9.68. The van der Waals surface area contributed by atoms with E-state index < -0.39 is 17.1 Å². The van der Waals surface area contributed by atoms with Crippen LogP contribution in [0.3, 0.4) is 0 Å². The summed E-state index contributed by atoms with van der Waals surface area (Å²) in [6.45, 7) is 0. The normalized spacial score (nSPS) is 14.7. The predicted molar refractivity (Wildman–Crippen MR) is 170 cm³/mol. The van der Waals surface area contributed by atoms with Gasteiger partial charge in [-0.2, -0.15) is 0 Å². The molecular formula is C34H29N3O6S. The second kappa shape index (κ2) is 13.7. The quantitative estimate of drug-likeness (QED) is 0.180. The lowest BCUT2D eigenvalue weighted by atomic mass is 10.1. The molecule has 0 unspecified atom stereocenters. The molecule has 9 nitrogen and oxygen atoms in total. The summed E-state index contributed by atoms with van der Waals surface area (Å²) >= 11 is 1.25. The fourth-order valence-electron chi connectivity index (χ4n) is 4.60. The van der Waals surface area contributed by atoms with Gasteiger partial charge < -0.3 is 20.1 Å². The van der Waals surface area contributed by atoms with Crippen LogP contribution in [0.15, 0.2) is 114 Å². The van der Waals surface area contributed by atoms with Gasteiger partial charge in [0.2, 0.25) is 11.8 Å². The average molecular weight is 608 g/mol. The van der Waals surface area contributed by atoms with Crippen molar-refractivity contribution in [2.45, 2.75) is 16.6 Å². The first-order valence-electron chi connectivity index (χ1n) is 13.7. The van der Waals surface area contributed by atoms with Crippen molar-refractivity contribution in [3.05, 3.63) is 120 Å². The molecule has 4 aromatic rings. The summed E-state index contributed by atoms with van der Waals surface area (Å²) < 4.78 is 10.8. The molecule has 0 bridgehead atoms. The molecule has 1 fully saturated rings. The van der Waals surface area contributed by atoms with Crippen LogP contribution in [-0.4, -0.2) is 43.1 Å². The van der Waals surface area contributed by atoms with E-state index in [0.717, 1.165) is 0 Å². The number of anilines is 2. The average Bonchev–Trinajstić information content (AvgIpc) is 3.33. The molecule has 1 saturated heterocycles. The molecule has 44 heavy (non-hydrogen) atoms. The lowest BCUT2D eigenvalue weighted by molar-refractivity contribution is -0.121. The van der Waals surface area contributed by atoms with Crippen LogP contribution in [0.4, 0.5) is 11.4 Å². The van der Waals surface area contributed by atoms with Gasteiger partial charge in [0, 0.05) is 28.1 Å². The molecule has 0 saturated carbocycles. The van der Waals surface area contributed by atoms with Crippen molar-refractivity contribution in [3.8, 4) is 11.5 Å². The molecule has 5 rings (SSSR count). The standard InChI is InChI=1S/C34H29N3O6S/c1-42-26-16-17-29(43-2)23(18-26)19-28(36-32(39)22-10-5-3-6-11-22)33(40)35-24-12-9-15-27(20-24)44-30-21-31(38)37(34(30)41)25-13-7-4-8-14-25/h3-20,30H,21H2,1-2H3,(H,35,40)(H,36,39)/b28-19-/t30-/m0/s1. The van der Waals surface area contributed by atoms with Crippen LogP contribution < -0.4 is 25.0 Å². The molecule has 0 radical (unpaired) electrons. The number of thioether (sulfide) groups is 1. The maximum atomic E-state index is 13.6. The summed E-state index contributed by atoms with van der Waals surface area (Å²) in [7, 11) is 3.03. The van der Waals surface area contributed by atoms with Gasteiger partial charge in [-0.05, 0) is 66.7 Å². The zero-order chi connectivity index (χ0) is 31.1. The van der Waals surface area contributed by atoms with Gasteiger partial charge in [0.1, 0.15) is 17.2 Å². The van der Waals surface area contributed by atoms with Crippen molar-refractivity contribution in [2.24, 2.45) is 0 Å². The third kappa shape index (κ3) is 6.99. The minimum atomic E-state index is -0.602. The number of rotatable bonds is 10. The SMILES string of the molecule is COc1ccc(OC)c(/C=C(\NC(=O)c2ccccc2)C(=O)Nc2cccc(S[C@H]3CC(=O)N(c4ccccc4)C3=O)c2)c1. The van der Waals surface area contributed by atoms with Crippen LogP contribution in [0.2, 0.25) is 0 Å². The molecule has 4 aromatic carbocycles. The Morgan fingerprint density at radius 2 is 1.59 bits per heavy atom. The Morgan fingerprint density at radius 1 is 0.864 bits per heavy atom.